The standard InChI is InChI=1S/C24H28ClN5O3S/c25-21-4-1-5-23(18-21)34(31,32)28-12-3-17-33-22-8-6-20(7-9-22)19-29-13-15-30(16-14-29)24-26-10-2-11-27-24/h1-2,4-11,18,28H,3,12-17,19H2. The van der Waals surface area contributed by atoms with Crippen LogP contribution in [0.4, 0.5) is 5.95 Å². The molecule has 1 saturated heterocycles. The normalized spacial score (nSPS) is 14.8. The number of hydrogen-bond donors (Lipinski definition) is 1. The highest BCUT2D eigenvalue weighted by molar-refractivity contribution is 7.89. The van der Waals surface area contributed by atoms with Gasteiger partial charge in [-0.15, -0.1) is 0 Å². The van der Waals surface area contributed by atoms with Crippen LogP contribution in [0.25, 0.3) is 0 Å². The summed E-state index contributed by atoms with van der Waals surface area (Å²) >= 11 is 5.88. The highest BCUT2D eigenvalue weighted by Gasteiger charge is 2.18. The molecule has 0 unspecified atom stereocenters. The smallest absolute Gasteiger partial charge is 0.240 e. The molecule has 1 N–H and O–H groups in total. The Kier molecular flexibility index (Phi) is 8.34. The van der Waals surface area contributed by atoms with E-state index in [1.54, 1.807) is 24.5 Å². The number of sulfonamides is 1. The van der Waals surface area contributed by atoms with Crippen LogP contribution in [-0.2, 0) is 16.6 Å². The van der Waals surface area contributed by atoms with E-state index in [9.17, 15) is 8.42 Å². The molecule has 0 bridgehead atoms. The summed E-state index contributed by atoms with van der Waals surface area (Å²) in [5, 5.41) is 0.388. The molecule has 8 nitrogen and oxygen atoms in total. The number of hydrogen-bond acceptors (Lipinski definition) is 7. The minimum absolute atomic E-state index is 0.159. The number of piperazine rings is 1. The van der Waals surface area contributed by atoms with Gasteiger partial charge in [0.1, 0.15) is 5.75 Å². The molecule has 10 heteroatoms. The average molecular weight is 502 g/mol. The lowest BCUT2D eigenvalue weighted by Crippen LogP contribution is -2.46. The third-order valence-corrected chi connectivity index (χ3v) is 7.22. The highest BCUT2D eigenvalue weighted by atomic mass is 35.5. The van der Waals surface area contributed by atoms with Gasteiger partial charge in [0.15, 0.2) is 0 Å². The quantitative estimate of drug-likeness (QED) is 0.427. The minimum atomic E-state index is -3.57. The Morgan fingerprint density at radius 3 is 2.41 bits per heavy atom. The van der Waals surface area contributed by atoms with E-state index in [0.29, 0.717) is 18.1 Å². The second-order valence-electron chi connectivity index (χ2n) is 8.01. The van der Waals surface area contributed by atoms with E-state index in [0.717, 1.165) is 44.4 Å². The predicted molar refractivity (Wildman–Crippen MR) is 133 cm³/mol. The first-order chi connectivity index (χ1) is 16.5. The van der Waals surface area contributed by atoms with Gasteiger partial charge < -0.3 is 9.64 Å². The molecule has 2 heterocycles. The summed E-state index contributed by atoms with van der Waals surface area (Å²) in [5.41, 5.74) is 1.23. The molecule has 34 heavy (non-hydrogen) atoms. The van der Waals surface area contributed by atoms with E-state index in [2.05, 4.69) is 36.6 Å². The van der Waals surface area contributed by atoms with E-state index in [1.165, 1.54) is 17.7 Å². The van der Waals surface area contributed by atoms with E-state index in [1.807, 2.05) is 18.2 Å². The predicted octanol–water partition coefficient (Wildman–Crippen LogP) is 3.20. The van der Waals surface area contributed by atoms with Gasteiger partial charge in [-0.3, -0.25) is 4.90 Å². The Morgan fingerprint density at radius 2 is 1.71 bits per heavy atom. The van der Waals surface area contributed by atoms with Crippen LogP contribution >= 0.6 is 11.6 Å². The van der Waals surface area contributed by atoms with Crippen LogP contribution < -0.4 is 14.4 Å². The maximum absolute atomic E-state index is 12.3. The summed E-state index contributed by atoms with van der Waals surface area (Å²) < 4.78 is 32.9. The maximum atomic E-state index is 12.3. The zero-order valence-corrected chi connectivity index (χ0v) is 20.4. The van der Waals surface area contributed by atoms with E-state index in [-0.39, 0.29) is 11.4 Å². The number of aromatic nitrogens is 2. The molecule has 1 aliphatic rings. The van der Waals surface area contributed by atoms with Gasteiger partial charge in [0.2, 0.25) is 16.0 Å². The van der Waals surface area contributed by atoms with E-state index < -0.39 is 10.0 Å². The van der Waals surface area contributed by atoms with E-state index >= 15 is 0 Å². The zero-order valence-electron chi connectivity index (χ0n) is 18.8. The Bertz CT molecular complexity index is 1150. The van der Waals surface area contributed by atoms with Crippen LogP contribution in [0.3, 0.4) is 0 Å². The van der Waals surface area contributed by atoms with Gasteiger partial charge in [0.05, 0.1) is 11.5 Å². The van der Waals surface area contributed by atoms with Crippen LogP contribution in [0, 0.1) is 0 Å². The van der Waals surface area contributed by atoms with Gasteiger partial charge >= 0.3 is 0 Å². The highest BCUT2D eigenvalue weighted by Crippen LogP contribution is 2.17. The molecule has 180 valence electrons. The molecular formula is C24H28ClN5O3S. The SMILES string of the molecule is O=S(=O)(NCCCOc1ccc(CN2CCN(c3ncccn3)CC2)cc1)c1cccc(Cl)c1. The second kappa shape index (κ2) is 11.6. The fourth-order valence-electron chi connectivity index (χ4n) is 3.70. The van der Waals surface area contributed by atoms with Crippen LogP contribution in [0.1, 0.15) is 12.0 Å². The molecule has 0 atom stereocenters. The Labute approximate surface area is 205 Å². The van der Waals surface area contributed by atoms with Gasteiger partial charge in [-0.05, 0) is 48.4 Å². The minimum Gasteiger partial charge on any atom is -0.494 e. The number of rotatable bonds is 10. The van der Waals surface area contributed by atoms with Gasteiger partial charge in [-0.25, -0.2) is 23.1 Å². The van der Waals surface area contributed by atoms with Crippen molar-refractivity contribution in [2.24, 2.45) is 0 Å². The molecule has 4 rings (SSSR count). The van der Waals surface area contributed by atoms with Crippen molar-refractivity contribution in [3.8, 4) is 5.75 Å². The Balaban J connectivity index is 1.15. The third kappa shape index (κ3) is 6.89. The number of halogens is 1. The van der Waals surface area contributed by atoms with Gasteiger partial charge in [0, 0.05) is 56.7 Å². The summed E-state index contributed by atoms with van der Waals surface area (Å²) in [4.78, 5) is 13.4. The van der Waals surface area contributed by atoms with Crippen molar-refractivity contribution in [2.45, 2.75) is 17.9 Å². The van der Waals surface area contributed by atoms with Crippen molar-refractivity contribution < 1.29 is 13.2 Å². The summed E-state index contributed by atoms with van der Waals surface area (Å²) in [5.74, 6) is 1.56. The molecule has 0 saturated carbocycles. The first kappa shape index (κ1) is 24.4. The summed E-state index contributed by atoms with van der Waals surface area (Å²) in [6.45, 7) is 5.32. The zero-order chi connectivity index (χ0) is 23.8. The van der Waals surface area contributed by atoms with Crippen molar-refractivity contribution in [3.63, 3.8) is 0 Å². The van der Waals surface area contributed by atoms with Crippen LogP contribution in [0.15, 0.2) is 71.9 Å². The molecule has 1 aromatic heterocycles. The fraction of sp³-hybridized carbons (Fsp3) is 0.333. The number of nitrogens with zero attached hydrogens (tertiary/aromatic N) is 4. The van der Waals surface area contributed by atoms with Gasteiger partial charge in [-0.2, -0.15) is 0 Å². The second-order valence-corrected chi connectivity index (χ2v) is 10.2. The first-order valence-electron chi connectivity index (χ1n) is 11.2. The fourth-order valence-corrected chi connectivity index (χ4v) is 5.07. The van der Waals surface area contributed by atoms with Crippen LogP contribution in [0.2, 0.25) is 5.02 Å². The number of nitrogens with one attached hydrogen (secondary N) is 1. The molecule has 1 fully saturated rings. The number of anilines is 1. The summed E-state index contributed by atoms with van der Waals surface area (Å²) in [6.07, 6.45) is 4.10. The van der Waals surface area contributed by atoms with Gasteiger partial charge in [-0.1, -0.05) is 29.8 Å². The maximum Gasteiger partial charge on any atom is 0.240 e. The molecule has 1 aliphatic heterocycles. The van der Waals surface area contributed by atoms with Crippen LogP contribution in [0.5, 0.6) is 5.75 Å². The largest absolute Gasteiger partial charge is 0.494 e. The summed E-state index contributed by atoms with van der Waals surface area (Å²) in [7, 11) is -3.57. The molecule has 3 aromatic rings. The monoisotopic (exact) mass is 501 g/mol. The van der Waals surface area contributed by atoms with Gasteiger partial charge in [0.25, 0.3) is 0 Å². The van der Waals surface area contributed by atoms with Crippen molar-refractivity contribution in [1.82, 2.24) is 19.6 Å². The Hall–Kier alpha value is -2.72. The summed E-state index contributed by atoms with van der Waals surface area (Å²) in [6, 6.07) is 16.1. The lowest BCUT2D eigenvalue weighted by Gasteiger charge is -2.34. The van der Waals surface area contributed by atoms with Crippen molar-refractivity contribution in [2.75, 3.05) is 44.2 Å². The molecule has 2 aromatic carbocycles. The molecule has 0 radical (unpaired) electrons. The van der Waals surface area contributed by atoms with E-state index in [4.69, 9.17) is 16.3 Å². The molecule has 0 spiro atoms. The number of benzene rings is 2. The average Bonchev–Trinajstić information content (AvgIpc) is 2.86. The van der Waals surface area contributed by atoms with Crippen molar-refractivity contribution in [3.05, 3.63) is 77.6 Å². The molecular weight excluding hydrogens is 474 g/mol. The molecule has 0 aliphatic carbocycles. The topological polar surface area (TPSA) is 87.7 Å². The first-order valence-corrected chi connectivity index (χ1v) is 13.1. The lowest BCUT2D eigenvalue weighted by molar-refractivity contribution is 0.248. The lowest BCUT2D eigenvalue weighted by atomic mass is 10.2. The molecule has 0 amide bonds. The van der Waals surface area contributed by atoms with Crippen LogP contribution in [-0.4, -0.2) is 62.6 Å². The van der Waals surface area contributed by atoms with Crippen molar-refractivity contribution >= 4 is 27.6 Å². The number of ether oxygens (including phenoxy) is 1. The third-order valence-electron chi connectivity index (χ3n) is 5.53. The van der Waals surface area contributed by atoms with Crippen molar-refractivity contribution in [1.29, 1.82) is 0 Å². The Morgan fingerprint density at radius 1 is 0.971 bits per heavy atom.